The first-order valence-corrected chi connectivity index (χ1v) is 7.94. The number of para-hydroxylation sites is 1. The van der Waals surface area contributed by atoms with E-state index in [9.17, 15) is 14.9 Å². The minimum atomic E-state index is -0.492. The van der Waals surface area contributed by atoms with Gasteiger partial charge in [-0.2, -0.15) is 0 Å². The molecule has 1 amide bonds. The number of carbonyl (C=O) groups excluding carboxylic acids is 1. The number of nitro groups is 1. The summed E-state index contributed by atoms with van der Waals surface area (Å²) in [6.07, 6.45) is 1.53. The highest BCUT2D eigenvalue weighted by Gasteiger charge is 2.16. The molecule has 0 aliphatic carbocycles. The highest BCUT2D eigenvalue weighted by atomic mass is 32.1. The Bertz CT molecular complexity index is 859. The van der Waals surface area contributed by atoms with Crippen molar-refractivity contribution in [3.05, 3.63) is 68.8 Å². The molecule has 24 heavy (non-hydrogen) atoms. The van der Waals surface area contributed by atoms with Crippen LogP contribution in [-0.4, -0.2) is 25.6 Å². The van der Waals surface area contributed by atoms with Gasteiger partial charge in [-0.15, -0.1) is 16.0 Å². The number of anilines is 1. The van der Waals surface area contributed by atoms with Gasteiger partial charge < -0.3 is 15.4 Å². The first-order chi connectivity index (χ1) is 11.6. The summed E-state index contributed by atoms with van der Waals surface area (Å²) in [5, 5.41) is 20.0. The summed E-state index contributed by atoms with van der Waals surface area (Å²) >= 11 is 1.34. The molecular weight excluding hydrogens is 330 g/mol. The van der Waals surface area contributed by atoms with Crippen molar-refractivity contribution in [2.75, 3.05) is 5.32 Å². The number of hydrogen-bond acceptors (Lipinski definition) is 6. The molecule has 122 valence electrons. The van der Waals surface area contributed by atoms with E-state index >= 15 is 0 Å². The molecule has 0 unspecified atom stereocenters. The fourth-order valence-electron chi connectivity index (χ4n) is 2.12. The van der Waals surface area contributed by atoms with Gasteiger partial charge in [-0.25, -0.2) is 4.98 Å². The molecule has 0 radical (unpaired) electrons. The Morgan fingerprint density at radius 1 is 1.29 bits per heavy atom. The number of rotatable bonds is 6. The van der Waals surface area contributed by atoms with Crippen LogP contribution in [0, 0.1) is 10.1 Å². The van der Waals surface area contributed by atoms with Crippen molar-refractivity contribution in [1.29, 1.82) is 0 Å². The largest absolute Gasteiger partial charge is 0.358 e. The second-order valence-corrected chi connectivity index (χ2v) is 5.87. The third kappa shape index (κ3) is 3.82. The van der Waals surface area contributed by atoms with Crippen LogP contribution in [0.25, 0.3) is 0 Å². The van der Waals surface area contributed by atoms with Crippen molar-refractivity contribution in [2.45, 2.75) is 13.0 Å². The van der Waals surface area contributed by atoms with E-state index in [1.165, 1.54) is 28.3 Å². The summed E-state index contributed by atoms with van der Waals surface area (Å²) in [5.41, 5.74) is 1.36. The maximum atomic E-state index is 12.0. The lowest BCUT2D eigenvalue weighted by Gasteiger charge is -2.02. The predicted molar refractivity (Wildman–Crippen MR) is 88.9 cm³/mol. The van der Waals surface area contributed by atoms with Gasteiger partial charge >= 0.3 is 5.82 Å². The number of carbonyl (C=O) groups is 1. The van der Waals surface area contributed by atoms with E-state index in [1.807, 2.05) is 30.3 Å². The van der Waals surface area contributed by atoms with Gasteiger partial charge in [0, 0.05) is 11.1 Å². The minimum Gasteiger partial charge on any atom is -0.358 e. The molecule has 0 aliphatic rings. The lowest BCUT2D eigenvalue weighted by molar-refractivity contribution is -0.392. The molecule has 0 fully saturated rings. The second kappa shape index (κ2) is 7.01. The first-order valence-electron chi connectivity index (χ1n) is 7.06. The molecule has 0 aliphatic heterocycles. The van der Waals surface area contributed by atoms with E-state index in [-0.39, 0.29) is 24.7 Å². The van der Waals surface area contributed by atoms with Crippen molar-refractivity contribution in [3.63, 3.8) is 0 Å². The van der Waals surface area contributed by atoms with Crippen molar-refractivity contribution in [1.82, 2.24) is 14.8 Å². The molecule has 3 aromatic rings. The summed E-state index contributed by atoms with van der Waals surface area (Å²) in [5.74, 6) is -0.251. The van der Waals surface area contributed by atoms with Crippen LogP contribution in [-0.2, 0) is 17.8 Å². The van der Waals surface area contributed by atoms with Crippen molar-refractivity contribution in [2.24, 2.45) is 0 Å². The summed E-state index contributed by atoms with van der Waals surface area (Å²) in [4.78, 5) is 26.7. The van der Waals surface area contributed by atoms with Gasteiger partial charge in [-0.05, 0) is 17.1 Å². The molecule has 9 heteroatoms. The van der Waals surface area contributed by atoms with E-state index < -0.39 is 4.92 Å². The summed E-state index contributed by atoms with van der Waals surface area (Å²) in [6, 6.07) is 10.5. The number of hydrogen-bond donors (Lipinski definition) is 1. The van der Waals surface area contributed by atoms with E-state index in [0.29, 0.717) is 10.7 Å². The molecule has 0 spiro atoms. The van der Waals surface area contributed by atoms with E-state index in [1.54, 1.807) is 5.38 Å². The zero-order valence-electron chi connectivity index (χ0n) is 12.5. The topological polar surface area (TPSA) is 103 Å². The van der Waals surface area contributed by atoms with Crippen molar-refractivity contribution < 1.29 is 9.72 Å². The summed E-state index contributed by atoms with van der Waals surface area (Å²) in [7, 11) is 0. The van der Waals surface area contributed by atoms with Crippen LogP contribution >= 0.6 is 11.3 Å². The van der Waals surface area contributed by atoms with Gasteiger partial charge in [0.05, 0.1) is 24.4 Å². The smallest absolute Gasteiger partial charge is 0.345 e. The fraction of sp³-hybridized carbons (Fsp3) is 0.133. The molecule has 8 nitrogen and oxygen atoms in total. The molecule has 0 saturated carbocycles. The normalized spacial score (nSPS) is 10.5. The standard InChI is InChI=1S/C15H13N5O3S/c21-13(17-11-4-2-1-3-5-11)8-14-18-12(10-24-14)9-19-15(20(22)23)6-7-16-19/h1-7,10H,8-9H2,(H,17,21). The van der Waals surface area contributed by atoms with Gasteiger partial charge in [-0.3, -0.25) is 4.79 Å². The first kappa shape index (κ1) is 15.8. The van der Waals surface area contributed by atoms with E-state index in [4.69, 9.17) is 0 Å². The molecule has 1 aromatic carbocycles. The number of aromatic nitrogens is 3. The fourth-order valence-corrected chi connectivity index (χ4v) is 2.91. The van der Waals surface area contributed by atoms with Gasteiger partial charge in [0.2, 0.25) is 5.91 Å². The summed E-state index contributed by atoms with van der Waals surface area (Å²) in [6.45, 7) is 0.195. The number of nitrogens with one attached hydrogen (secondary N) is 1. The molecule has 2 aromatic heterocycles. The highest BCUT2D eigenvalue weighted by Crippen LogP contribution is 2.16. The Kier molecular flexibility index (Phi) is 4.62. The monoisotopic (exact) mass is 343 g/mol. The van der Waals surface area contributed by atoms with Crippen molar-refractivity contribution in [3.8, 4) is 0 Å². The molecule has 0 atom stereocenters. The Morgan fingerprint density at radius 2 is 2.08 bits per heavy atom. The Balaban J connectivity index is 1.62. The van der Waals surface area contributed by atoms with Crippen LogP contribution in [0.3, 0.4) is 0 Å². The third-order valence-electron chi connectivity index (χ3n) is 3.16. The number of nitrogens with zero attached hydrogens (tertiary/aromatic N) is 4. The number of benzene rings is 1. The van der Waals surface area contributed by atoms with E-state index in [0.717, 1.165) is 5.69 Å². The van der Waals surface area contributed by atoms with Crippen LogP contribution in [0.4, 0.5) is 11.5 Å². The Morgan fingerprint density at radius 3 is 2.83 bits per heavy atom. The Hall–Kier alpha value is -3.07. The maximum Gasteiger partial charge on any atom is 0.345 e. The molecule has 0 bridgehead atoms. The van der Waals surface area contributed by atoms with Crippen LogP contribution in [0.5, 0.6) is 0 Å². The zero-order chi connectivity index (χ0) is 16.9. The lowest BCUT2D eigenvalue weighted by atomic mass is 10.3. The average Bonchev–Trinajstić information content (AvgIpc) is 3.18. The zero-order valence-corrected chi connectivity index (χ0v) is 13.3. The molecule has 2 heterocycles. The Labute approximate surface area is 140 Å². The van der Waals surface area contributed by atoms with Gasteiger partial charge in [0.15, 0.2) is 6.54 Å². The van der Waals surface area contributed by atoms with Crippen LogP contribution in [0.2, 0.25) is 0 Å². The molecule has 1 N–H and O–H groups in total. The van der Waals surface area contributed by atoms with Gasteiger partial charge in [0.1, 0.15) is 5.01 Å². The highest BCUT2D eigenvalue weighted by molar-refractivity contribution is 7.09. The SMILES string of the molecule is O=C(Cc1nc(Cn2nccc2[N+](=O)[O-])cs1)Nc1ccccc1. The van der Waals surface area contributed by atoms with Crippen LogP contribution in [0.15, 0.2) is 48.0 Å². The van der Waals surface area contributed by atoms with Gasteiger partial charge in [0.25, 0.3) is 0 Å². The second-order valence-electron chi connectivity index (χ2n) is 4.93. The number of thiazole rings is 1. The summed E-state index contributed by atoms with van der Waals surface area (Å²) < 4.78 is 1.27. The molecule has 0 saturated heterocycles. The van der Waals surface area contributed by atoms with E-state index in [2.05, 4.69) is 15.4 Å². The lowest BCUT2D eigenvalue weighted by Crippen LogP contribution is -2.14. The van der Waals surface area contributed by atoms with Crippen LogP contribution < -0.4 is 5.32 Å². The number of amides is 1. The molecular formula is C15H13N5O3S. The average molecular weight is 343 g/mol. The predicted octanol–water partition coefficient (Wildman–Crippen LogP) is 2.48. The molecule has 3 rings (SSSR count). The van der Waals surface area contributed by atoms with Gasteiger partial charge in [-0.1, -0.05) is 23.3 Å². The third-order valence-corrected chi connectivity index (χ3v) is 4.06. The van der Waals surface area contributed by atoms with Crippen LogP contribution in [0.1, 0.15) is 10.7 Å². The maximum absolute atomic E-state index is 12.0. The quantitative estimate of drug-likeness (QED) is 0.547. The van der Waals surface area contributed by atoms with Crippen molar-refractivity contribution >= 4 is 28.7 Å². The minimum absolute atomic E-state index is 0.0913.